The maximum absolute atomic E-state index is 12.2. The number of nitrogens with one attached hydrogen (secondary N) is 1. The van der Waals surface area contributed by atoms with Crippen LogP contribution in [0, 0.1) is 0 Å². The fourth-order valence-electron chi connectivity index (χ4n) is 3.80. The predicted octanol–water partition coefficient (Wildman–Crippen LogP) is 2.95. The maximum atomic E-state index is 12.2. The third-order valence-corrected chi connectivity index (χ3v) is 5.26. The molecule has 0 radical (unpaired) electrons. The van der Waals surface area contributed by atoms with E-state index >= 15 is 0 Å². The molecule has 0 spiro atoms. The number of hydrogen-bond donors (Lipinski definition) is 1. The number of ether oxygens (including phenoxy) is 1. The highest BCUT2D eigenvalue weighted by Crippen LogP contribution is 2.38. The average Bonchev–Trinajstić information content (AvgIpc) is 3.46. The quantitative estimate of drug-likeness (QED) is 0.716. The van der Waals surface area contributed by atoms with Crippen molar-refractivity contribution in [2.75, 3.05) is 5.32 Å². The smallest absolute Gasteiger partial charge is 0.374 e. The first-order valence-corrected chi connectivity index (χ1v) is 10.2. The molecule has 0 aromatic carbocycles. The fraction of sp³-hybridized carbons (Fsp3) is 0.550. The summed E-state index contributed by atoms with van der Waals surface area (Å²) in [7, 11) is 0. The summed E-state index contributed by atoms with van der Waals surface area (Å²) in [6.45, 7) is 5.92. The van der Waals surface area contributed by atoms with E-state index in [9.17, 15) is 14.4 Å². The van der Waals surface area contributed by atoms with E-state index in [1.165, 1.54) is 12.3 Å². The van der Waals surface area contributed by atoms with E-state index in [2.05, 4.69) is 10.5 Å². The molecule has 2 atom stereocenters. The lowest BCUT2D eigenvalue weighted by Gasteiger charge is -2.22. The molecular formula is C20H25N5O6. The van der Waals surface area contributed by atoms with Crippen LogP contribution in [0.1, 0.15) is 64.5 Å². The summed E-state index contributed by atoms with van der Waals surface area (Å²) >= 11 is 0. The van der Waals surface area contributed by atoms with Gasteiger partial charge in [0.25, 0.3) is 11.8 Å². The molecule has 1 aliphatic carbocycles. The molecule has 2 fully saturated rings. The van der Waals surface area contributed by atoms with Gasteiger partial charge in [-0.15, -0.1) is 0 Å². The van der Waals surface area contributed by atoms with Gasteiger partial charge in [-0.1, -0.05) is 5.16 Å². The molecule has 31 heavy (non-hydrogen) atoms. The van der Waals surface area contributed by atoms with Crippen LogP contribution in [0.15, 0.2) is 22.9 Å². The summed E-state index contributed by atoms with van der Waals surface area (Å²) in [6.07, 6.45) is 2.96. The minimum Gasteiger partial charge on any atom is -0.374 e. The first-order chi connectivity index (χ1) is 14.7. The number of carbonyl (C=O) groups is 3. The van der Waals surface area contributed by atoms with E-state index in [1.807, 2.05) is 26.8 Å². The lowest BCUT2D eigenvalue weighted by molar-refractivity contribution is -0.201. The first-order valence-electron chi connectivity index (χ1n) is 10.2. The van der Waals surface area contributed by atoms with E-state index in [4.69, 9.17) is 19.2 Å². The minimum absolute atomic E-state index is 0.0127. The summed E-state index contributed by atoms with van der Waals surface area (Å²) in [5.74, 6) is -0.0284. The van der Waals surface area contributed by atoms with Crippen LogP contribution in [0.25, 0.3) is 0 Å². The Morgan fingerprint density at radius 2 is 1.97 bits per heavy atom. The predicted molar refractivity (Wildman–Crippen MR) is 106 cm³/mol. The number of anilines is 1. The molecular weight excluding hydrogens is 406 g/mol. The van der Waals surface area contributed by atoms with Crippen molar-refractivity contribution in [3.8, 4) is 5.95 Å². The van der Waals surface area contributed by atoms with Crippen molar-refractivity contribution >= 4 is 23.7 Å². The summed E-state index contributed by atoms with van der Waals surface area (Å²) in [6, 6.07) is 3.24. The summed E-state index contributed by atoms with van der Waals surface area (Å²) < 4.78 is 11.6. The maximum Gasteiger partial charge on any atom is 0.420 e. The third-order valence-electron chi connectivity index (χ3n) is 5.26. The molecule has 1 saturated heterocycles. The molecule has 3 heterocycles. The molecule has 0 bridgehead atoms. The van der Waals surface area contributed by atoms with Gasteiger partial charge in [-0.3, -0.25) is 19.7 Å². The van der Waals surface area contributed by atoms with Gasteiger partial charge in [-0.2, -0.15) is 10.2 Å². The minimum atomic E-state index is -0.715. The van der Waals surface area contributed by atoms with Crippen LogP contribution in [0.4, 0.5) is 10.6 Å². The van der Waals surface area contributed by atoms with Gasteiger partial charge in [0.15, 0.2) is 0 Å². The van der Waals surface area contributed by atoms with E-state index in [0.717, 1.165) is 17.2 Å². The first kappa shape index (κ1) is 21.0. The Bertz CT molecular complexity index is 961. The van der Waals surface area contributed by atoms with Crippen LogP contribution in [0.3, 0.4) is 0 Å². The Balaban J connectivity index is 1.45. The molecule has 1 saturated carbocycles. The number of rotatable bonds is 5. The van der Waals surface area contributed by atoms with Crippen molar-refractivity contribution in [3.63, 3.8) is 0 Å². The van der Waals surface area contributed by atoms with Gasteiger partial charge in [0.1, 0.15) is 5.82 Å². The standard InChI is InChI=1S/C20H25N5O6/c1-20(2,3)25-15(22-19(28)29-18-8-9-21-30-18)11-14(23-25)12-4-5-13(10-12)31-24-16(26)6-7-17(24)27/h8-9,11-13H,4-7,10H2,1-3H3,(H,22,28)/t12-,13+/m0/s1. The van der Waals surface area contributed by atoms with Crippen LogP contribution < -0.4 is 10.1 Å². The zero-order valence-electron chi connectivity index (χ0n) is 17.7. The molecule has 166 valence electrons. The van der Waals surface area contributed by atoms with Gasteiger partial charge in [-0.05, 0) is 40.0 Å². The Morgan fingerprint density at radius 1 is 1.23 bits per heavy atom. The highest BCUT2D eigenvalue weighted by atomic mass is 16.7. The Kier molecular flexibility index (Phi) is 5.52. The number of amides is 3. The van der Waals surface area contributed by atoms with Gasteiger partial charge in [0.2, 0.25) is 0 Å². The summed E-state index contributed by atoms with van der Waals surface area (Å²) in [5, 5.41) is 11.8. The molecule has 3 amide bonds. The fourth-order valence-corrected chi connectivity index (χ4v) is 3.80. The van der Waals surface area contributed by atoms with E-state index in [-0.39, 0.29) is 42.6 Å². The van der Waals surface area contributed by atoms with E-state index in [1.54, 1.807) is 4.68 Å². The third kappa shape index (κ3) is 4.61. The van der Waals surface area contributed by atoms with Crippen molar-refractivity contribution in [2.45, 2.75) is 70.4 Å². The molecule has 11 heteroatoms. The van der Waals surface area contributed by atoms with Crippen LogP contribution in [-0.2, 0) is 20.0 Å². The van der Waals surface area contributed by atoms with Crippen molar-refractivity contribution in [1.29, 1.82) is 0 Å². The van der Waals surface area contributed by atoms with Gasteiger partial charge in [-0.25, -0.2) is 9.48 Å². The molecule has 2 aliphatic rings. The van der Waals surface area contributed by atoms with Crippen LogP contribution >= 0.6 is 0 Å². The molecule has 2 aromatic rings. The highest BCUT2D eigenvalue weighted by molar-refractivity contribution is 6.00. The number of hydrogen-bond acceptors (Lipinski definition) is 8. The number of nitrogens with zero attached hydrogens (tertiary/aromatic N) is 4. The second-order valence-corrected chi connectivity index (χ2v) is 8.70. The zero-order valence-corrected chi connectivity index (χ0v) is 17.7. The SMILES string of the molecule is CC(C)(C)n1nc([C@H]2CC[C@@H](ON3C(=O)CCC3=O)C2)cc1NC(=O)Oc1ccno1. The van der Waals surface area contributed by atoms with Gasteiger partial charge in [0.05, 0.1) is 23.5 Å². The zero-order chi connectivity index (χ0) is 22.2. The highest BCUT2D eigenvalue weighted by Gasteiger charge is 2.37. The van der Waals surface area contributed by atoms with Crippen molar-refractivity contribution in [1.82, 2.24) is 20.0 Å². The van der Waals surface area contributed by atoms with Gasteiger partial charge in [0, 0.05) is 30.9 Å². The van der Waals surface area contributed by atoms with Crippen molar-refractivity contribution < 1.29 is 28.5 Å². The number of imide groups is 1. The number of hydroxylamine groups is 2. The molecule has 4 rings (SSSR count). The molecule has 2 aromatic heterocycles. The number of aromatic nitrogens is 3. The van der Waals surface area contributed by atoms with Crippen molar-refractivity contribution in [3.05, 3.63) is 24.0 Å². The normalized spacial score (nSPS) is 21.7. The Hall–Kier alpha value is -3.21. The Morgan fingerprint density at radius 3 is 2.61 bits per heavy atom. The summed E-state index contributed by atoms with van der Waals surface area (Å²) in [4.78, 5) is 41.5. The van der Waals surface area contributed by atoms with Gasteiger partial charge < -0.3 is 9.26 Å². The summed E-state index contributed by atoms with van der Waals surface area (Å²) in [5.41, 5.74) is 0.408. The average molecular weight is 431 g/mol. The molecule has 1 N–H and O–H groups in total. The topological polar surface area (TPSA) is 129 Å². The monoisotopic (exact) mass is 431 g/mol. The van der Waals surface area contributed by atoms with Crippen molar-refractivity contribution in [2.24, 2.45) is 0 Å². The van der Waals surface area contributed by atoms with E-state index in [0.29, 0.717) is 18.7 Å². The Labute approximate surface area is 178 Å². The number of carbonyl (C=O) groups excluding carboxylic acids is 3. The second-order valence-electron chi connectivity index (χ2n) is 8.70. The molecule has 11 nitrogen and oxygen atoms in total. The van der Waals surface area contributed by atoms with E-state index < -0.39 is 11.6 Å². The largest absolute Gasteiger partial charge is 0.420 e. The lowest BCUT2D eigenvalue weighted by atomic mass is 10.0. The van der Waals surface area contributed by atoms with Gasteiger partial charge >= 0.3 is 12.0 Å². The molecule has 0 unspecified atom stereocenters. The lowest BCUT2D eigenvalue weighted by Crippen LogP contribution is -2.33. The molecule has 1 aliphatic heterocycles. The van der Waals surface area contributed by atoms with Crippen LogP contribution in [-0.4, -0.2) is 44.0 Å². The van der Waals surface area contributed by atoms with Crippen LogP contribution in [0.2, 0.25) is 0 Å². The van der Waals surface area contributed by atoms with Crippen LogP contribution in [0.5, 0.6) is 5.95 Å². The second kappa shape index (κ2) is 8.14.